The highest BCUT2D eigenvalue weighted by Crippen LogP contribution is 2.29. The molecule has 1 aromatic carbocycles. The van der Waals surface area contributed by atoms with Crippen molar-refractivity contribution < 1.29 is 13.2 Å². The Bertz CT molecular complexity index is 1020. The van der Waals surface area contributed by atoms with Gasteiger partial charge in [-0.15, -0.1) is 0 Å². The van der Waals surface area contributed by atoms with Crippen LogP contribution < -0.4 is 0 Å². The van der Waals surface area contributed by atoms with Crippen LogP contribution in [0.2, 0.25) is 5.02 Å². The minimum absolute atomic E-state index is 0.201. The molecule has 0 aliphatic heterocycles. The normalized spacial score (nSPS) is 12.1. The fraction of sp³-hybridized carbons (Fsp3) is 0.118. The van der Waals surface area contributed by atoms with Gasteiger partial charge in [-0.05, 0) is 31.2 Å². The van der Waals surface area contributed by atoms with Crippen LogP contribution in [0.5, 0.6) is 0 Å². The summed E-state index contributed by atoms with van der Waals surface area (Å²) in [5, 5.41) is 0.983. The van der Waals surface area contributed by atoms with Crippen LogP contribution in [-0.2, 0) is 14.8 Å². The average molecular weight is 363 g/mol. The molecule has 0 spiro atoms. The highest BCUT2D eigenvalue weighted by atomic mass is 35.5. The van der Waals surface area contributed by atoms with Crippen LogP contribution >= 0.6 is 11.6 Å². The van der Waals surface area contributed by atoms with Crippen molar-refractivity contribution in [1.29, 1.82) is 0 Å². The van der Waals surface area contributed by atoms with Gasteiger partial charge in [-0.3, -0.25) is 0 Å². The summed E-state index contributed by atoms with van der Waals surface area (Å²) in [7, 11) is -2.20. The Morgan fingerprint density at radius 3 is 2.58 bits per heavy atom. The first-order chi connectivity index (χ1) is 11.4. The maximum Gasteiger partial charge on any atom is 0.269 e. The number of pyridine rings is 1. The number of methoxy groups -OCH3 is 1. The van der Waals surface area contributed by atoms with E-state index in [1.807, 2.05) is 6.92 Å². The zero-order chi connectivity index (χ0) is 17.3. The summed E-state index contributed by atoms with van der Waals surface area (Å²) in [5.74, 6) is 0. The van der Waals surface area contributed by atoms with E-state index in [1.54, 1.807) is 36.4 Å². The number of fused-ring (bicyclic) bond motifs is 1. The average Bonchev–Trinajstić information content (AvgIpc) is 3.00. The highest BCUT2D eigenvalue weighted by molar-refractivity contribution is 7.90. The van der Waals surface area contributed by atoms with Gasteiger partial charge in [0.1, 0.15) is 0 Å². The summed E-state index contributed by atoms with van der Waals surface area (Å²) in [4.78, 5) is 4.46. The third-order valence-corrected chi connectivity index (χ3v) is 5.71. The molecule has 0 saturated carbocycles. The lowest BCUT2D eigenvalue weighted by atomic mass is 10.2. The molecule has 3 aromatic rings. The van der Waals surface area contributed by atoms with Gasteiger partial charge in [0.25, 0.3) is 10.0 Å². The van der Waals surface area contributed by atoms with E-state index in [9.17, 15) is 8.42 Å². The predicted octanol–water partition coefficient (Wildman–Crippen LogP) is 3.85. The van der Waals surface area contributed by atoms with Gasteiger partial charge in [0.15, 0.2) is 5.65 Å². The van der Waals surface area contributed by atoms with Gasteiger partial charge in [-0.1, -0.05) is 29.3 Å². The van der Waals surface area contributed by atoms with Crippen molar-refractivity contribution in [3.05, 3.63) is 65.1 Å². The van der Waals surface area contributed by atoms with Gasteiger partial charge < -0.3 is 4.74 Å². The van der Waals surface area contributed by atoms with Crippen molar-refractivity contribution in [2.24, 2.45) is 0 Å². The zero-order valence-electron chi connectivity index (χ0n) is 13.1. The number of benzene rings is 1. The first-order valence-electron chi connectivity index (χ1n) is 7.12. The molecule has 3 rings (SSSR count). The van der Waals surface area contributed by atoms with Crippen LogP contribution in [0.1, 0.15) is 11.1 Å². The van der Waals surface area contributed by atoms with Crippen LogP contribution in [0, 0.1) is 6.92 Å². The number of rotatable bonds is 4. The first kappa shape index (κ1) is 16.5. The Kier molecular flexibility index (Phi) is 4.34. The quantitative estimate of drug-likeness (QED) is 0.661. The van der Waals surface area contributed by atoms with Crippen molar-refractivity contribution >= 4 is 38.7 Å². The molecule has 2 heterocycles. The third kappa shape index (κ3) is 2.79. The summed E-state index contributed by atoms with van der Waals surface area (Å²) in [5.41, 5.74) is 1.92. The summed E-state index contributed by atoms with van der Waals surface area (Å²) < 4.78 is 31.7. The van der Waals surface area contributed by atoms with Crippen LogP contribution in [0.15, 0.2) is 53.9 Å². The molecule has 5 nitrogen and oxygen atoms in total. The van der Waals surface area contributed by atoms with E-state index in [0.29, 0.717) is 16.0 Å². The van der Waals surface area contributed by atoms with E-state index in [-0.39, 0.29) is 10.5 Å². The Hall–Kier alpha value is -2.31. The lowest BCUT2D eigenvalue weighted by molar-refractivity contribution is 0.341. The number of aromatic nitrogens is 2. The lowest BCUT2D eigenvalue weighted by Gasteiger charge is -2.08. The predicted molar refractivity (Wildman–Crippen MR) is 94.5 cm³/mol. The van der Waals surface area contributed by atoms with Crippen LogP contribution in [0.25, 0.3) is 17.1 Å². The van der Waals surface area contributed by atoms with E-state index in [2.05, 4.69) is 4.98 Å². The SMILES string of the molecule is CO/C=C/c1cnc2c(ccn2S(=O)(=O)c2ccc(C)cc2)c1Cl. The second-order valence-corrected chi connectivity index (χ2v) is 7.43. The van der Waals surface area contributed by atoms with Crippen LogP contribution in [0.4, 0.5) is 0 Å². The lowest BCUT2D eigenvalue weighted by Crippen LogP contribution is -2.12. The fourth-order valence-electron chi connectivity index (χ4n) is 2.32. The van der Waals surface area contributed by atoms with E-state index in [0.717, 1.165) is 9.54 Å². The molecule has 0 unspecified atom stereocenters. The van der Waals surface area contributed by atoms with E-state index < -0.39 is 10.0 Å². The smallest absolute Gasteiger partial charge is 0.269 e. The molecule has 0 radical (unpaired) electrons. The minimum Gasteiger partial charge on any atom is -0.504 e. The standard InChI is InChI=1S/C17H15ClN2O3S/c1-12-3-5-14(6-4-12)24(21,22)20-9-7-15-16(18)13(8-10-23-2)11-19-17(15)20/h3-11H,1-2H3/b10-8+. The fourth-order valence-corrected chi connectivity index (χ4v) is 3.88. The van der Waals surface area contributed by atoms with Crippen molar-refractivity contribution in [3.8, 4) is 0 Å². The summed E-state index contributed by atoms with van der Waals surface area (Å²) in [6.45, 7) is 1.90. The molecule has 0 amide bonds. The maximum absolute atomic E-state index is 12.8. The van der Waals surface area contributed by atoms with E-state index in [4.69, 9.17) is 16.3 Å². The molecular weight excluding hydrogens is 348 g/mol. The number of halogens is 1. The van der Waals surface area contributed by atoms with Crippen molar-refractivity contribution in [3.63, 3.8) is 0 Å². The zero-order valence-corrected chi connectivity index (χ0v) is 14.7. The van der Waals surface area contributed by atoms with Gasteiger partial charge in [0.05, 0.1) is 23.3 Å². The van der Waals surface area contributed by atoms with E-state index in [1.165, 1.54) is 25.8 Å². The number of hydrogen-bond donors (Lipinski definition) is 0. The van der Waals surface area contributed by atoms with Crippen molar-refractivity contribution in [2.45, 2.75) is 11.8 Å². The monoisotopic (exact) mass is 362 g/mol. The molecule has 124 valence electrons. The van der Waals surface area contributed by atoms with Gasteiger partial charge in [-0.25, -0.2) is 17.4 Å². The van der Waals surface area contributed by atoms with Crippen molar-refractivity contribution in [2.75, 3.05) is 7.11 Å². The van der Waals surface area contributed by atoms with Gasteiger partial charge in [0, 0.05) is 23.3 Å². The van der Waals surface area contributed by atoms with Gasteiger partial charge in [-0.2, -0.15) is 0 Å². The summed E-state index contributed by atoms with van der Waals surface area (Å²) in [6, 6.07) is 8.31. The molecule has 0 aliphatic rings. The summed E-state index contributed by atoms with van der Waals surface area (Å²) >= 11 is 6.35. The van der Waals surface area contributed by atoms with Gasteiger partial charge >= 0.3 is 0 Å². The third-order valence-electron chi connectivity index (χ3n) is 3.60. The molecule has 7 heteroatoms. The Morgan fingerprint density at radius 1 is 1.21 bits per heavy atom. The molecule has 0 fully saturated rings. The molecule has 0 aliphatic carbocycles. The largest absolute Gasteiger partial charge is 0.504 e. The molecule has 0 N–H and O–H groups in total. The number of nitrogens with zero attached hydrogens (tertiary/aromatic N) is 2. The van der Waals surface area contributed by atoms with Gasteiger partial charge in [0.2, 0.25) is 0 Å². The Balaban J connectivity index is 2.16. The molecule has 0 saturated heterocycles. The molecule has 0 bridgehead atoms. The van der Waals surface area contributed by atoms with Crippen molar-refractivity contribution in [1.82, 2.24) is 8.96 Å². The molecular formula is C17H15ClN2O3S. The number of hydrogen-bond acceptors (Lipinski definition) is 4. The second kappa shape index (κ2) is 6.30. The maximum atomic E-state index is 12.8. The molecule has 2 aromatic heterocycles. The molecule has 0 atom stereocenters. The summed E-state index contributed by atoms with van der Waals surface area (Å²) in [6.07, 6.45) is 6.12. The number of ether oxygens (including phenoxy) is 1. The number of aryl methyl sites for hydroxylation is 1. The second-order valence-electron chi connectivity index (χ2n) is 5.23. The van der Waals surface area contributed by atoms with E-state index >= 15 is 0 Å². The van der Waals surface area contributed by atoms with Crippen LogP contribution in [0.3, 0.4) is 0 Å². The Labute approximate surface area is 145 Å². The first-order valence-corrected chi connectivity index (χ1v) is 8.94. The minimum atomic E-state index is -3.73. The van der Waals surface area contributed by atoms with Crippen LogP contribution in [-0.4, -0.2) is 24.5 Å². The Morgan fingerprint density at radius 2 is 1.92 bits per heavy atom. The highest BCUT2D eigenvalue weighted by Gasteiger charge is 2.21. The molecule has 24 heavy (non-hydrogen) atoms. The topological polar surface area (TPSA) is 61.2 Å².